The quantitative estimate of drug-likeness (QED) is 0.730. The van der Waals surface area contributed by atoms with Gasteiger partial charge in [-0.15, -0.1) is 0 Å². The van der Waals surface area contributed by atoms with Crippen LogP contribution in [0.15, 0.2) is 48.5 Å². The summed E-state index contributed by atoms with van der Waals surface area (Å²) in [5, 5.41) is 0. The lowest BCUT2D eigenvalue weighted by atomic mass is 10.1. The maximum Gasteiger partial charge on any atom is 0.263 e. The van der Waals surface area contributed by atoms with Gasteiger partial charge in [0.25, 0.3) is 5.91 Å². The number of piperazine rings is 1. The molecule has 1 aliphatic heterocycles. The lowest BCUT2D eigenvalue weighted by Gasteiger charge is -2.36. The van der Waals surface area contributed by atoms with Crippen molar-refractivity contribution in [2.75, 3.05) is 26.2 Å². The number of carbonyl (C=O) groups excluding carboxylic acids is 1. The van der Waals surface area contributed by atoms with Crippen LogP contribution in [0.4, 0.5) is 0 Å². The van der Waals surface area contributed by atoms with Crippen molar-refractivity contribution < 1.29 is 9.53 Å². The van der Waals surface area contributed by atoms with Crippen molar-refractivity contribution >= 4 is 5.91 Å². The molecule has 2 aromatic rings. The van der Waals surface area contributed by atoms with E-state index in [0.717, 1.165) is 51.3 Å². The number of hydrogen-bond donors (Lipinski definition) is 0. The SMILES string of the molecule is CCc1ccc(OC(C)C(=O)N2CCN(Cc3ccccc3)CC2)c(CC)c1. The summed E-state index contributed by atoms with van der Waals surface area (Å²) >= 11 is 0. The summed E-state index contributed by atoms with van der Waals surface area (Å²) in [5.74, 6) is 0.921. The van der Waals surface area contributed by atoms with E-state index in [2.05, 4.69) is 55.1 Å². The van der Waals surface area contributed by atoms with Crippen LogP contribution < -0.4 is 4.74 Å². The Balaban J connectivity index is 1.53. The van der Waals surface area contributed by atoms with Gasteiger partial charge in [0.2, 0.25) is 0 Å². The van der Waals surface area contributed by atoms with E-state index in [9.17, 15) is 4.79 Å². The molecule has 0 radical (unpaired) electrons. The highest BCUT2D eigenvalue weighted by Crippen LogP contribution is 2.23. The number of ether oxygens (including phenoxy) is 1. The van der Waals surface area contributed by atoms with E-state index in [-0.39, 0.29) is 5.91 Å². The second-order valence-electron chi connectivity index (χ2n) is 7.50. The molecule has 0 N–H and O–H groups in total. The Kier molecular flexibility index (Phi) is 7.10. The summed E-state index contributed by atoms with van der Waals surface area (Å²) in [5.41, 5.74) is 3.80. The summed E-state index contributed by atoms with van der Waals surface area (Å²) in [4.78, 5) is 17.2. The predicted octanol–water partition coefficient (Wildman–Crippen LogP) is 3.92. The minimum Gasteiger partial charge on any atom is -0.481 e. The van der Waals surface area contributed by atoms with Crippen LogP contribution >= 0.6 is 0 Å². The maximum atomic E-state index is 12.9. The fourth-order valence-corrected chi connectivity index (χ4v) is 3.71. The van der Waals surface area contributed by atoms with Gasteiger partial charge < -0.3 is 9.64 Å². The molecule has 0 saturated carbocycles. The number of aryl methyl sites for hydroxylation is 2. The normalized spacial score (nSPS) is 16.0. The first-order valence-electron chi connectivity index (χ1n) is 10.4. The topological polar surface area (TPSA) is 32.8 Å². The smallest absolute Gasteiger partial charge is 0.263 e. The highest BCUT2D eigenvalue weighted by Gasteiger charge is 2.26. The van der Waals surface area contributed by atoms with Crippen molar-refractivity contribution in [2.24, 2.45) is 0 Å². The molecular weight excluding hydrogens is 348 g/mol. The van der Waals surface area contributed by atoms with Gasteiger partial charge in [0, 0.05) is 32.7 Å². The molecule has 28 heavy (non-hydrogen) atoms. The predicted molar refractivity (Wildman–Crippen MR) is 114 cm³/mol. The summed E-state index contributed by atoms with van der Waals surface area (Å²) in [6.07, 6.45) is 1.45. The molecule has 1 atom stereocenters. The molecule has 3 rings (SSSR count). The Morgan fingerprint density at radius 3 is 2.32 bits per heavy atom. The van der Waals surface area contributed by atoms with Crippen molar-refractivity contribution in [1.29, 1.82) is 0 Å². The molecule has 1 saturated heterocycles. The second kappa shape index (κ2) is 9.74. The van der Waals surface area contributed by atoms with Crippen LogP contribution in [0.1, 0.15) is 37.5 Å². The molecule has 0 aromatic heterocycles. The molecule has 1 aliphatic rings. The lowest BCUT2D eigenvalue weighted by molar-refractivity contribution is -0.139. The van der Waals surface area contributed by atoms with Gasteiger partial charge in [0.1, 0.15) is 5.75 Å². The summed E-state index contributed by atoms with van der Waals surface area (Å²) in [6, 6.07) is 16.8. The Bertz CT molecular complexity index is 767. The molecule has 0 bridgehead atoms. The number of amides is 1. The molecule has 1 amide bonds. The molecule has 4 heteroatoms. The molecule has 1 unspecified atom stereocenters. The van der Waals surface area contributed by atoms with Gasteiger partial charge in [-0.25, -0.2) is 0 Å². The number of benzene rings is 2. The van der Waals surface area contributed by atoms with Crippen molar-refractivity contribution in [3.05, 3.63) is 65.2 Å². The second-order valence-corrected chi connectivity index (χ2v) is 7.50. The number of carbonyl (C=O) groups is 1. The summed E-state index contributed by atoms with van der Waals surface area (Å²) < 4.78 is 6.07. The van der Waals surface area contributed by atoms with E-state index in [1.54, 1.807) is 0 Å². The average molecular weight is 381 g/mol. The van der Waals surface area contributed by atoms with Gasteiger partial charge >= 0.3 is 0 Å². The highest BCUT2D eigenvalue weighted by atomic mass is 16.5. The third-order valence-electron chi connectivity index (χ3n) is 5.50. The molecule has 150 valence electrons. The van der Waals surface area contributed by atoms with Crippen LogP contribution in [0, 0.1) is 0 Å². The average Bonchev–Trinajstić information content (AvgIpc) is 2.74. The standard InChI is InChI=1S/C24H32N2O2/c1-4-20-11-12-23(22(5-2)17-20)28-19(3)24(27)26-15-13-25(14-16-26)18-21-9-7-6-8-10-21/h6-12,17,19H,4-5,13-16,18H2,1-3H3. The Labute approximate surface area is 169 Å². The number of hydrogen-bond acceptors (Lipinski definition) is 3. The van der Waals surface area contributed by atoms with Crippen LogP contribution in [-0.4, -0.2) is 48.0 Å². The fourth-order valence-electron chi connectivity index (χ4n) is 3.71. The molecule has 2 aromatic carbocycles. The van der Waals surface area contributed by atoms with E-state index >= 15 is 0 Å². The summed E-state index contributed by atoms with van der Waals surface area (Å²) in [7, 11) is 0. The zero-order valence-corrected chi connectivity index (χ0v) is 17.4. The maximum absolute atomic E-state index is 12.9. The van der Waals surface area contributed by atoms with Crippen molar-refractivity contribution in [3.8, 4) is 5.75 Å². The van der Waals surface area contributed by atoms with Gasteiger partial charge in [-0.05, 0) is 42.5 Å². The van der Waals surface area contributed by atoms with Crippen molar-refractivity contribution in [2.45, 2.75) is 46.3 Å². The summed E-state index contributed by atoms with van der Waals surface area (Å²) in [6.45, 7) is 10.4. The lowest BCUT2D eigenvalue weighted by Crippen LogP contribution is -2.51. The number of nitrogens with zero attached hydrogens (tertiary/aromatic N) is 2. The Hall–Kier alpha value is -2.33. The van der Waals surface area contributed by atoms with Gasteiger partial charge in [-0.3, -0.25) is 9.69 Å². The van der Waals surface area contributed by atoms with E-state index < -0.39 is 6.10 Å². The third kappa shape index (κ3) is 5.14. The van der Waals surface area contributed by atoms with Gasteiger partial charge in [0.05, 0.1) is 0 Å². The monoisotopic (exact) mass is 380 g/mol. The Morgan fingerprint density at radius 1 is 0.964 bits per heavy atom. The molecule has 1 fully saturated rings. The molecular formula is C24H32N2O2. The van der Waals surface area contributed by atoms with Gasteiger partial charge in [-0.1, -0.05) is 56.3 Å². The molecule has 0 aliphatic carbocycles. The zero-order valence-electron chi connectivity index (χ0n) is 17.4. The fraction of sp³-hybridized carbons (Fsp3) is 0.458. The molecule has 0 spiro atoms. The van der Waals surface area contributed by atoms with Crippen LogP contribution in [-0.2, 0) is 24.2 Å². The third-order valence-corrected chi connectivity index (χ3v) is 5.50. The molecule has 1 heterocycles. The van der Waals surface area contributed by atoms with E-state index in [1.807, 2.05) is 24.0 Å². The minimum atomic E-state index is -0.460. The first-order valence-corrected chi connectivity index (χ1v) is 10.4. The van der Waals surface area contributed by atoms with Crippen LogP contribution in [0.25, 0.3) is 0 Å². The first-order chi connectivity index (χ1) is 13.6. The number of rotatable bonds is 7. The highest BCUT2D eigenvalue weighted by molar-refractivity contribution is 5.81. The van der Waals surface area contributed by atoms with E-state index in [4.69, 9.17) is 4.74 Å². The van der Waals surface area contributed by atoms with Crippen LogP contribution in [0.5, 0.6) is 5.75 Å². The van der Waals surface area contributed by atoms with Crippen LogP contribution in [0.2, 0.25) is 0 Å². The van der Waals surface area contributed by atoms with Crippen LogP contribution in [0.3, 0.4) is 0 Å². The minimum absolute atomic E-state index is 0.0842. The zero-order chi connectivity index (χ0) is 19.9. The first kappa shape index (κ1) is 20.4. The largest absolute Gasteiger partial charge is 0.481 e. The van der Waals surface area contributed by atoms with Crippen molar-refractivity contribution in [1.82, 2.24) is 9.80 Å². The van der Waals surface area contributed by atoms with Gasteiger partial charge in [0.15, 0.2) is 6.10 Å². The van der Waals surface area contributed by atoms with Crippen molar-refractivity contribution in [3.63, 3.8) is 0 Å². The van der Waals surface area contributed by atoms with E-state index in [0.29, 0.717) is 0 Å². The van der Waals surface area contributed by atoms with E-state index in [1.165, 1.54) is 16.7 Å². The Morgan fingerprint density at radius 2 is 1.68 bits per heavy atom. The van der Waals surface area contributed by atoms with Gasteiger partial charge in [-0.2, -0.15) is 0 Å². The molecule has 4 nitrogen and oxygen atoms in total.